The fraction of sp³-hybridized carbons (Fsp3) is 0.300. The van der Waals surface area contributed by atoms with Crippen LogP contribution in [0.1, 0.15) is 29.8 Å². The monoisotopic (exact) mass is 202 g/mol. The third-order valence-electron chi connectivity index (χ3n) is 1.54. The maximum atomic E-state index is 12.7. The molecule has 1 aromatic carbocycles. The van der Waals surface area contributed by atoms with Crippen LogP contribution in [0, 0.1) is 18.6 Å². The molecule has 0 amide bonds. The zero-order valence-electron chi connectivity index (χ0n) is 8.27. The van der Waals surface area contributed by atoms with E-state index in [1.54, 1.807) is 0 Å². The smallest absolute Gasteiger partial charge is 0.336 e. The Balaban J connectivity index is 0.000000791. The second kappa shape index (κ2) is 5.32. The molecular weight excluding hydrogens is 190 g/mol. The van der Waals surface area contributed by atoms with Gasteiger partial charge >= 0.3 is 5.97 Å². The van der Waals surface area contributed by atoms with Crippen LogP contribution in [0.2, 0.25) is 0 Å². The van der Waals surface area contributed by atoms with Crippen molar-refractivity contribution in [3.63, 3.8) is 0 Å². The third-order valence-corrected chi connectivity index (χ3v) is 1.54. The van der Waals surface area contributed by atoms with Gasteiger partial charge in [-0.3, -0.25) is 0 Å². The van der Waals surface area contributed by atoms with Crippen molar-refractivity contribution in [1.82, 2.24) is 0 Å². The van der Waals surface area contributed by atoms with E-state index >= 15 is 0 Å². The molecule has 1 aromatic rings. The number of carboxylic acids is 1. The third kappa shape index (κ3) is 2.80. The Morgan fingerprint density at radius 2 is 1.79 bits per heavy atom. The first-order valence-corrected chi connectivity index (χ1v) is 4.21. The normalized spacial score (nSPS) is 8.93. The highest BCUT2D eigenvalue weighted by Gasteiger charge is 2.12. The lowest BCUT2D eigenvalue weighted by atomic mass is 10.1. The Kier molecular flexibility index (Phi) is 4.77. The van der Waals surface area contributed by atoms with Gasteiger partial charge in [-0.05, 0) is 18.6 Å². The highest BCUT2D eigenvalue weighted by Crippen LogP contribution is 2.14. The lowest BCUT2D eigenvalue weighted by Gasteiger charge is -2.01. The van der Waals surface area contributed by atoms with E-state index in [2.05, 4.69) is 0 Å². The molecule has 78 valence electrons. The Morgan fingerprint density at radius 3 is 2.21 bits per heavy atom. The predicted octanol–water partition coefficient (Wildman–Crippen LogP) is 3.00. The van der Waals surface area contributed by atoms with Gasteiger partial charge in [-0.1, -0.05) is 13.8 Å². The van der Waals surface area contributed by atoms with Crippen molar-refractivity contribution in [2.24, 2.45) is 0 Å². The van der Waals surface area contributed by atoms with Crippen LogP contribution < -0.4 is 0 Å². The lowest BCUT2D eigenvalue weighted by molar-refractivity contribution is 0.0695. The molecule has 0 heterocycles. The number of carboxylic acid groups (broad SMARTS) is 1. The van der Waals surface area contributed by atoms with Crippen molar-refractivity contribution in [2.75, 3.05) is 0 Å². The van der Waals surface area contributed by atoms with Crippen LogP contribution in [-0.4, -0.2) is 11.1 Å². The Bertz CT molecular complexity index is 335. The Labute approximate surface area is 81.2 Å². The van der Waals surface area contributed by atoms with Gasteiger partial charge in [0.05, 0.1) is 5.56 Å². The number of aromatic carboxylic acids is 1. The number of rotatable bonds is 1. The molecule has 0 spiro atoms. The summed E-state index contributed by atoms with van der Waals surface area (Å²) in [7, 11) is 0. The maximum absolute atomic E-state index is 12.7. The van der Waals surface area contributed by atoms with Crippen LogP contribution >= 0.6 is 0 Å². The predicted molar refractivity (Wildman–Crippen MR) is 49.4 cm³/mol. The standard InChI is InChI=1S/C8H6F2O2.C2H6/c1-4-6(8(11)12)2-5(9)3-7(4)10;1-2/h2-3H,1H3,(H,11,12);1-2H3. The zero-order chi connectivity index (χ0) is 11.3. The Hall–Kier alpha value is -1.45. The van der Waals surface area contributed by atoms with Gasteiger partial charge in [0.1, 0.15) is 11.6 Å². The van der Waals surface area contributed by atoms with Gasteiger partial charge in [0.15, 0.2) is 0 Å². The number of hydrogen-bond acceptors (Lipinski definition) is 1. The fourth-order valence-corrected chi connectivity index (χ4v) is 0.868. The number of benzene rings is 1. The summed E-state index contributed by atoms with van der Waals surface area (Å²) >= 11 is 0. The summed E-state index contributed by atoms with van der Waals surface area (Å²) in [5.41, 5.74) is -0.392. The van der Waals surface area contributed by atoms with E-state index in [0.717, 1.165) is 6.07 Å². The van der Waals surface area contributed by atoms with Crippen molar-refractivity contribution in [3.8, 4) is 0 Å². The molecule has 0 saturated heterocycles. The molecule has 1 rings (SSSR count). The van der Waals surface area contributed by atoms with Gasteiger partial charge in [-0.25, -0.2) is 13.6 Å². The van der Waals surface area contributed by atoms with Crippen LogP contribution in [0.25, 0.3) is 0 Å². The SMILES string of the molecule is CC.Cc1c(F)cc(F)cc1C(=O)O. The molecule has 0 unspecified atom stereocenters. The first-order chi connectivity index (χ1) is 6.52. The topological polar surface area (TPSA) is 37.3 Å². The fourth-order valence-electron chi connectivity index (χ4n) is 0.868. The first kappa shape index (κ1) is 12.6. The number of carbonyl (C=O) groups is 1. The highest BCUT2D eigenvalue weighted by atomic mass is 19.1. The summed E-state index contributed by atoms with van der Waals surface area (Å²) in [4.78, 5) is 10.4. The van der Waals surface area contributed by atoms with Crippen molar-refractivity contribution < 1.29 is 18.7 Å². The van der Waals surface area contributed by atoms with E-state index < -0.39 is 17.6 Å². The van der Waals surface area contributed by atoms with Crippen molar-refractivity contribution in [1.29, 1.82) is 0 Å². The van der Waals surface area contributed by atoms with Gasteiger partial charge in [0, 0.05) is 6.07 Å². The summed E-state index contributed by atoms with van der Waals surface area (Å²) in [6.45, 7) is 5.29. The molecular formula is C10H12F2O2. The van der Waals surface area contributed by atoms with E-state index in [4.69, 9.17) is 5.11 Å². The summed E-state index contributed by atoms with van der Waals surface area (Å²) < 4.78 is 25.2. The van der Waals surface area contributed by atoms with Crippen LogP contribution in [-0.2, 0) is 0 Å². The molecule has 0 aromatic heterocycles. The minimum Gasteiger partial charge on any atom is -0.478 e. The minimum absolute atomic E-state index is 0.0519. The van der Waals surface area contributed by atoms with E-state index in [0.29, 0.717) is 6.07 Å². The molecule has 0 aliphatic carbocycles. The van der Waals surface area contributed by atoms with E-state index in [9.17, 15) is 13.6 Å². The first-order valence-electron chi connectivity index (χ1n) is 4.21. The zero-order valence-corrected chi connectivity index (χ0v) is 8.27. The van der Waals surface area contributed by atoms with Crippen molar-refractivity contribution >= 4 is 5.97 Å². The molecule has 4 heteroatoms. The number of hydrogen-bond donors (Lipinski definition) is 1. The largest absolute Gasteiger partial charge is 0.478 e. The van der Waals surface area contributed by atoms with E-state index in [-0.39, 0.29) is 11.1 Å². The maximum Gasteiger partial charge on any atom is 0.336 e. The molecule has 0 bridgehead atoms. The highest BCUT2D eigenvalue weighted by molar-refractivity contribution is 5.89. The molecule has 0 saturated carbocycles. The van der Waals surface area contributed by atoms with Crippen molar-refractivity contribution in [3.05, 3.63) is 34.9 Å². The van der Waals surface area contributed by atoms with Crippen molar-refractivity contribution in [2.45, 2.75) is 20.8 Å². The summed E-state index contributed by atoms with van der Waals surface area (Å²) in [6, 6.07) is 1.45. The summed E-state index contributed by atoms with van der Waals surface area (Å²) in [6.07, 6.45) is 0. The number of halogens is 2. The van der Waals surface area contributed by atoms with Gasteiger partial charge < -0.3 is 5.11 Å². The molecule has 0 aliphatic rings. The van der Waals surface area contributed by atoms with Crippen LogP contribution in [0.4, 0.5) is 8.78 Å². The van der Waals surface area contributed by atoms with Crippen LogP contribution in [0.15, 0.2) is 12.1 Å². The lowest BCUT2D eigenvalue weighted by Crippen LogP contribution is -2.02. The van der Waals surface area contributed by atoms with Crippen LogP contribution in [0.5, 0.6) is 0 Å². The molecule has 0 fully saturated rings. The molecule has 14 heavy (non-hydrogen) atoms. The quantitative estimate of drug-likeness (QED) is 0.760. The summed E-state index contributed by atoms with van der Waals surface area (Å²) in [5, 5.41) is 8.48. The average molecular weight is 202 g/mol. The summed E-state index contributed by atoms with van der Waals surface area (Å²) in [5.74, 6) is -3.05. The minimum atomic E-state index is -1.33. The second-order valence-electron chi connectivity index (χ2n) is 2.37. The van der Waals surface area contributed by atoms with E-state index in [1.165, 1.54) is 6.92 Å². The second-order valence-corrected chi connectivity index (χ2v) is 2.37. The van der Waals surface area contributed by atoms with Gasteiger partial charge in [-0.2, -0.15) is 0 Å². The average Bonchev–Trinajstić information content (AvgIpc) is 2.14. The van der Waals surface area contributed by atoms with Gasteiger partial charge in [-0.15, -0.1) is 0 Å². The Morgan fingerprint density at radius 1 is 1.29 bits per heavy atom. The molecule has 0 atom stereocenters. The van der Waals surface area contributed by atoms with Gasteiger partial charge in [0.2, 0.25) is 0 Å². The van der Waals surface area contributed by atoms with E-state index in [1.807, 2.05) is 13.8 Å². The molecule has 1 N–H and O–H groups in total. The molecule has 2 nitrogen and oxygen atoms in total. The van der Waals surface area contributed by atoms with Gasteiger partial charge in [0.25, 0.3) is 0 Å². The molecule has 0 aliphatic heterocycles. The molecule has 0 radical (unpaired) electrons. The van der Waals surface area contributed by atoms with Crippen LogP contribution in [0.3, 0.4) is 0 Å².